The molecule has 3 heterocycles. The summed E-state index contributed by atoms with van der Waals surface area (Å²) in [5.74, 6) is 0.665. The minimum atomic E-state index is -0.639. The van der Waals surface area contributed by atoms with Gasteiger partial charge in [-0.3, -0.25) is 0 Å². The zero-order chi connectivity index (χ0) is 21.2. The Bertz CT molecular complexity index is 975. The summed E-state index contributed by atoms with van der Waals surface area (Å²) in [7, 11) is 0. The van der Waals surface area contributed by atoms with Crippen LogP contribution in [0.2, 0.25) is 0 Å². The number of nitrogens with zero attached hydrogens (tertiary/aromatic N) is 1. The largest absolute Gasteiger partial charge is 0.458 e. The number of para-hydroxylation sites is 1. The molecule has 0 N–H and O–H groups in total. The Hall–Kier alpha value is -1.85. The van der Waals surface area contributed by atoms with Crippen LogP contribution in [0.3, 0.4) is 0 Å². The normalized spacial score (nSPS) is 32.4. The van der Waals surface area contributed by atoms with Gasteiger partial charge in [0.15, 0.2) is 5.79 Å². The first-order valence-corrected chi connectivity index (χ1v) is 11.4. The number of carbonyl (C=O) groups is 1. The van der Waals surface area contributed by atoms with Crippen LogP contribution in [0.4, 0.5) is 0 Å². The summed E-state index contributed by atoms with van der Waals surface area (Å²) in [5.41, 5.74) is 2.64. The fraction of sp³-hybridized carbons (Fsp3) is 0.640. The van der Waals surface area contributed by atoms with Crippen LogP contribution < -0.4 is 0 Å². The first-order valence-electron chi connectivity index (χ1n) is 11.4. The standard InChI is InChI=1S/C25H33NO4/c1-14(2)16-11-10-15(3)12-19(16)28-24(27)21-17-8-6-7-9-18(17)26-13-20-23(22(21)26)30-25(4,5)29-20/h6-9,14-16,19-20,23H,10-13H2,1-5H3. The van der Waals surface area contributed by atoms with E-state index in [0.717, 1.165) is 29.4 Å². The quantitative estimate of drug-likeness (QED) is 0.629. The average Bonchev–Trinajstić information content (AvgIpc) is 3.26. The maximum atomic E-state index is 13.6. The van der Waals surface area contributed by atoms with Gasteiger partial charge in [-0.25, -0.2) is 4.79 Å². The van der Waals surface area contributed by atoms with Crippen LogP contribution in [0, 0.1) is 17.8 Å². The third-order valence-electron chi connectivity index (χ3n) is 7.25. The molecule has 30 heavy (non-hydrogen) atoms. The second-order valence-corrected chi connectivity index (χ2v) is 10.3. The Kier molecular flexibility index (Phi) is 4.75. The zero-order valence-electron chi connectivity index (χ0n) is 18.7. The van der Waals surface area contributed by atoms with Crippen molar-refractivity contribution < 1.29 is 19.0 Å². The van der Waals surface area contributed by atoms with Crippen molar-refractivity contribution >= 4 is 16.9 Å². The summed E-state index contributed by atoms with van der Waals surface area (Å²) in [6.07, 6.45) is 2.96. The Morgan fingerprint density at radius 1 is 1.20 bits per heavy atom. The molecular formula is C25H33NO4. The van der Waals surface area contributed by atoms with E-state index in [2.05, 4.69) is 31.4 Å². The topological polar surface area (TPSA) is 49.7 Å². The number of hydrogen-bond acceptors (Lipinski definition) is 4. The summed E-state index contributed by atoms with van der Waals surface area (Å²) < 4.78 is 20.8. The first-order chi connectivity index (χ1) is 14.2. The molecular weight excluding hydrogens is 378 g/mol. The fourth-order valence-corrected chi connectivity index (χ4v) is 5.86. The molecule has 5 heteroatoms. The zero-order valence-corrected chi connectivity index (χ0v) is 18.7. The summed E-state index contributed by atoms with van der Waals surface area (Å²) in [6.45, 7) is 11.3. The lowest BCUT2D eigenvalue weighted by molar-refractivity contribution is -0.151. The molecule has 2 aliphatic heterocycles. The van der Waals surface area contributed by atoms with Gasteiger partial charge in [0.2, 0.25) is 0 Å². The molecule has 1 aromatic heterocycles. The molecule has 5 nitrogen and oxygen atoms in total. The lowest BCUT2D eigenvalue weighted by Crippen LogP contribution is -2.36. The highest BCUT2D eigenvalue weighted by molar-refractivity contribution is 6.06. The van der Waals surface area contributed by atoms with E-state index in [1.807, 2.05) is 32.0 Å². The van der Waals surface area contributed by atoms with Crippen molar-refractivity contribution in [2.75, 3.05) is 0 Å². The van der Waals surface area contributed by atoms with Gasteiger partial charge in [-0.2, -0.15) is 0 Å². The molecule has 0 bridgehead atoms. The van der Waals surface area contributed by atoms with Crippen LogP contribution in [0.25, 0.3) is 10.9 Å². The van der Waals surface area contributed by atoms with Crippen LogP contribution in [0.1, 0.15) is 76.0 Å². The maximum absolute atomic E-state index is 13.6. The van der Waals surface area contributed by atoms with E-state index in [0.29, 0.717) is 29.9 Å². The molecule has 162 valence electrons. The number of benzene rings is 1. The smallest absolute Gasteiger partial charge is 0.341 e. The van der Waals surface area contributed by atoms with E-state index in [4.69, 9.17) is 14.2 Å². The molecule has 3 aliphatic rings. The SMILES string of the molecule is CC1CCC(C(C)C)C(OC(=O)c2c3n(c4ccccc24)CC2OC(C)(C)OC32)C1. The van der Waals surface area contributed by atoms with Gasteiger partial charge < -0.3 is 18.8 Å². The minimum Gasteiger partial charge on any atom is -0.458 e. The molecule has 0 amide bonds. The highest BCUT2D eigenvalue weighted by atomic mass is 16.8. The Labute approximate surface area is 178 Å². The van der Waals surface area contributed by atoms with Crippen LogP contribution in [-0.4, -0.2) is 28.5 Å². The maximum Gasteiger partial charge on any atom is 0.341 e. The Morgan fingerprint density at radius 2 is 1.97 bits per heavy atom. The third-order valence-corrected chi connectivity index (χ3v) is 7.25. The Morgan fingerprint density at radius 3 is 2.73 bits per heavy atom. The molecule has 2 fully saturated rings. The second-order valence-electron chi connectivity index (χ2n) is 10.3. The summed E-state index contributed by atoms with van der Waals surface area (Å²) >= 11 is 0. The van der Waals surface area contributed by atoms with Gasteiger partial charge in [-0.15, -0.1) is 0 Å². The van der Waals surface area contributed by atoms with Crippen LogP contribution in [0.15, 0.2) is 24.3 Å². The third kappa shape index (κ3) is 3.18. The number of rotatable bonds is 3. The van der Waals surface area contributed by atoms with Crippen molar-refractivity contribution in [2.24, 2.45) is 17.8 Å². The van der Waals surface area contributed by atoms with Gasteiger partial charge in [0.25, 0.3) is 0 Å². The van der Waals surface area contributed by atoms with E-state index in [1.165, 1.54) is 6.42 Å². The van der Waals surface area contributed by atoms with Crippen LogP contribution >= 0.6 is 0 Å². The number of ether oxygens (including phenoxy) is 3. The highest BCUT2D eigenvalue weighted by Gasteiger charge is 2.50. The van der Waals surface area contributed by atoms with Crippen molar-refractivity contribution in [3.8, 4) is 0 Å². The number of carbonyl (C=O) groups excluding carboxylic acids is 1. The average molecular weight is 412 g/mol. The minimum absolute atomic E-state index is 0.0232. The van der Waals surface area contributed by atoms with Gasteiger partial charge in [-0.1, -0.05) is 45.4 Å². The van der Waals surface area contributed by atoms with Gasteiger partial charge >= 0.3 is 5.97 Å². The van der Waals surface area contributed by atoms with Crippen LogP contribution in [0.5, 0.6) is 0 Å². The van der Waals surface area contributed by atoms with Gasteiger partial charge in [-0.05, 0) is 50.5 Å². The summed E-state index contributed by atoms with van der Waals surface area (Å²) in [4.78, 5) is 13.6. The van der Waals surface area contributed by atoms with Crippen molar-refractivity contribution in [3.05, 3.63) is 35.5 Å². The monoisotopic (exact) mass is 411 g/mol. The lowest BCUT2D eigenvalue weighted by Gasteiger charge is -2.36. The van der Waals surface area contributed by atoms with Gasteiger partial charge in [0, 0.05) is 10.9 Å². The van der Waals surface area contributed by atoms with E-state index in [1.54, 1.807) is 0 Å². The molecule has 1 aromatic carbocycles. The predicted octanol–water partition coefficient (Wildman–Crippen LogP) is 5.47. The number of esters is 1. The molecule has 1 saturated heterocycles. The second kappa shape index (κ2) is 7.10. The molecule has 1 saturated carbocycles. The van der Waals surface area contributed by atoms with Crippen molar-refractivity contribution in [3.63, 3.8) is 0 Å². The van der Waals surface area contributed by atoms with Crippen molar-refractivity contribution in [1.29, 1.82) is 0 Å². The van der Waals surface area contributed by atoms with E-state index < -0.39 is 5.79 Å². The van der Waals surface area contributed by atoms with Crippen LogP contribution in [-0.2, 0) is 20.8 Å². The first kappa shape index (κ1) is 20.1. The molecule has 5 rings (SSSR count). The van der Waals surface area contributed by atoms with E-state index >= 15 is 0 Å². The van der Waals surface area contributed by atoms with Gasteiger partial charge in [0.1, 0.15) is 18.3 Å². The Balaban J connectivity index is 1.53. The molecule has 1 aliphatic carbocycles. The fourth-order valence-electron chi connectivity index (χ4n) is 5.86. The molecule has 0 radical (unpaired) electrons. The number of aromatic nitrogens is 1. The predicted molar refractivity (Wildman–Crippen MR) is 115 cm³/mol. The summed E-state index contributed by atoms with van der Waals surface area (Å²) in [6, 6.07) is 8.10. The lowest BCUT2D eigenvalue weighted by atomic mass is 9.75. The number of fused-ring (bicyclic) bond motifs is 5. The number of hydrogen-bond donors (Lipinski definition) is 0. The molecule has 5 unspecified atom stereocenters. The highest BCUT2D eigenvalue weighted by Crippen LogP contribution is 2.48. The molecule has 0 spiro atoms. The molecule has 2 aromatic rings. The summed E-state index contributed by atoms with van der Waals surface area (Å²) in [5, 5.41) is 0.953. The van der Waals surface area contributed by atoms with Crippen molar-refractivity contribution in [1.82, 2.24) is 4.57 Å². The van der Waals surface area contributed by atoms with Gasteiger partial charge in [0.05, 0.1) is 17.8 Å². The van der Waals surface area contributed by atoms with Crippen molar-refractivity contribution in [2.45, 2.75) is 84.5 Å². The molecule has 5 atom stereocenters. The van der Waals surface area contributed by atoms with E-state index in [9.17, 15) is 4.79 Å². The van der Waals surface area contributed by atoms with E-state index in [-0.39, 0.29) is 24.3 Å².